The van der Waals surface area contributed by atoms with Crippen molar-refractivity contribution >= 4 is 26.0 Å². The molecule has 2 rings (SSSR count). The van der Waals surface area contributed by atoms with Crippen molar-refractivity contribution in [3.63, 3.8) is 0 Å². The number of aryl methyl sites for hydroxylation is 1. The van der Waals surface area contributed by atoms with E-state index >= 15 is 0 Å². The molecule has 112 valence electrons. The molecule has 1 fully saturated rings. The van der Waals surface area contributed by atoms with Gasteiger partial charge in [-0.1, -0.05) is 6.07 Å². The lowest BCUT2D eigenvalue weighted by Crippen LogP contribution is -2.50. The van der Waals surface area contributed by atoms with Gasteiger partial charge in [-0.15, -0.1) is 0 Å². The number of hydrogen-bond acceptors (Lipinski definition) is 3. The summed E-state index contributed by atoms with van der Waals surface area (Å²) in [4.78, 5) is 0.330. The molecule has 0 atom stereocenters. The fourth-order valence-corrected chi connectivity index (χ4v) is 5.03. The summed E-state index contributed by atoms with van der Waals surface area (Å²) in [6.07, 6.45) is 2.89. The Morgan fingerprint density at radius 3 is 2.50 bits per heavy atom. The zero-order valence-corrected chi connectivity index (χ0v) is 14.5. The molecule has 0 heterocycles. The summed E-state index contributed by atoms with van der Waals surface area (Å²) >= 11 is 3.41. The number of rotatable bonds is 5. The molecule has 4 nitrogen and oxygen atoms in total. The Balaban J connectivity index is 2.39. The normalized spacial score (nSPS) is 17.8. The molecule has 0 aliphatic heterocycles. The summed E-state index contributed by atoms with van der Waals surface area (Å²) in [6, 6.07) is 3.72. The van der Waals surface area contributed by atoms with Gasteiger partial charge in [0.1, 0.15) is 0 Å². The minimum Gasteiger partial charge on any atom is -0.316 e. The summed E-state index contributed by atoms with van der Waals surface area (Å²) < 4.78 is 28.7. The van der Waals surface area contributed by atoms with E-state index in [-0.39, 0.29) is 5.54 Å². The summed E-state index contributed by atoms with van der Waals surface area (Å²) in [7, 11) is -1.65. The van der Waals surface area contributed by atoms with Crippen molar-refractivity contribution in [2.45, 2.75) is 50.1 Å². The van der Waals surface area contributed by atoms with Gasteiger partial charge in [-0.2, -0.15) is 0 Å². The molecule has 0 unspecified atom stereocenters. The van der Waals surface area contributed by atoms with Gasteiger partial charge in [-0.3, -0.25) is 0 Å². The van der Waals surface area contributed by atoms with Crippen LogP contribution in [0.5, 0.6) is 0 Å². The molecular formula is C14H21BrN2O2S. The highest BCUT2D eigenvalue weighted by Gasteiger charge is 2.36. The van der Waals surface area contributed by atoms with Crippen LogP contribution in [-0.2, 0) is 16.6 Å². The molecule has 0 saturated heterocycles. The van der Waals surface area contributed by atoms with Crippen LogP contribution >= 0.6 is 15.9 Å². The highest BCUT2D eigenvalue weighted by molar-refractivity contribution is 9.10. The van der Waals surface area contributed by atoms with E-state index in [0.717, 1.165) is 30.4 Å². The Labute approximate surface area is 129 Å². The molecule has 0 radical (unpaired) electrons. The molecule has 0 spiro atoms. The Morgan fingerprint density at radius 1 is 1.35 bits per heavy atom. The Kier molecular flexibility index (Phi) is 4.59. The molecule has 1 aliphatic rings. The Morgan fingerprint density at radius 2 is 2.00 bits per heavy atom. The van der Waals surface area contributed by atoms with Crippen LogP contribution in [0, 0.1) is 6.92 Å². The number of sulfonamides is 1. The van der Waals surface area contributed by atoms with E-state index in [4.69, 9.17) is 0 Å². The van der Waals surface area contributed by atoms with Crippen molar-refractivity contribution in [2.24, 2.45) is 0 Å². The SMILES string of the molecule is CNCc1cc(C)c(Br)c(S(=O)(=O)NC2(C)CCC2)c1. The van der Waals surface area contributed by atoms with Crippen molar-refractivity contribution in [1.29, 1.82) is 0 Å². The summed E-state index contributed by atoms with van der Waals surface area (Å²) in [5.74, 6) is 0. The third-order valence-corrected chi connectivity index (χ3v) is 6.77. The first-order chi connectivity index (χ1) is 9.27. The number of benzene rings is 1. The van der Waals surface area contributed by atoms with Crippen molar-refractivity contribution in [1.82, 2.24) is 10.0 Å². The first-order valence-electron chi connectivity index (χ1n) is 6.75. The average molecular weight is 361 g/mol. The van der Waals surface area contributed by atoms with E-state index in [9.17, 15) is 8.42 Å². The van der Waals surface area contributed by atoms with Crippen LogP contribution in [-0.4, -0.2) is 21.0 Å². The lowest BCUT2D eigenvalue weighted by atomic mass is 9.80. The van der Waals surface area contributed by atoms with Crippen molar-refractivity contribution in [3.8, 4) is 0 Å². The summed E-state index contributed by atoms with van der Waals surface area (Å²) in [6.45, 7) is 4.52. The van der Waals surface area contributed by atoms with Crippen LogP contribution in [0.25, 0.3) is 0 Å². The maximum atomic E-state index is 12.6. The zero-order valence-electron chi connectivity index (χ0n) is 12.1. The molecule has 6 heteroatoms. The molecule has 2 N–H and O–H groups in total. The van der Waals surface area contributed by atoms with Crippen molar-refractivity contribution in [2.75, 3.05) is 7.05 Å². The third kappa shape index (κ3) is 3.24. The van der Waals surface area contributed by atoms with Crippen LogP contribution < -0.4 is 10.0 Å². The minimum absolute atomic E-state index is 0.287. The maximum Gasteiger partial charge on any atom is 0.242 e. The van der Waals surface area contributed by atoms with Gasteiger partial charge in [0.05, 0.1) is 4.90 Å². The summed E-state index contributed by atoms with van der Waals surface area (Å²) in [5.41, 5.74) is 1.61. The number of hydrogen-bond donors (Lipinski definition) is 2. The van der Waals surface area contributed by atoms with Gasteiger partial charge in [0, 0.05) is 16.6 Å². The highest BCUT2D eigenvalue weighted by Crippen LogP contribution is 2.34. The molecule has 0 amide bonds. The molecule has 1 aliphatic carbocycles. The number of nitrogens with one attached hydrogen (secondary N) is 2. The Bertz CT molecular complexity index is 610. The minimum atomic E-state index is -3.50. The largest absolute Gasteiger partial charge is 0.316 e. The summed E-state index contributed by atoms with van der Waals surface area (Å²) in [5, 5.41) is 3.05. The maximum absolute atomic E-state index is 12.6. The molecule has 20 heavy (non-hydrogen) atoms. The Hall–Kier alpha value is -0.430. The molecule has 0 aromatic heterocycles. The van der Waals surface area contributed by atoms with Crippen LogP contribution in [0.3, 0.4) is 0 Å². The van der Waals surface area contributed by atoms with Gasteiger partial charge in [-0.25, -0.2) is 13.1 Å². The zero-order chi connectivity index (χ0) is 15.0. The lowest BCUT2D eigenvalue weighted by Gasteiger charge is -2.38. The van der Waals surface area contributed by atoms with Crippen LogP contribution in [0.1, 0.15) is 37.3 Å². The van der Waals surface area contributed by atoms with Gasteiger partial charge in [0.2, 0.25) is 10.0 Å². The topological polar surface area (TPSA) is 58.2 Å². The van der Waals surface area contributed by atoms with E-state index in [2.05, 4.69) is 26.0 Å². The molecular weight excluding hydrogens is 340 g/mol. The van der Waals surface area contributed by atoms with Crippen LogP contribution in [0.15, 0.2) is 21.5 Å². The van der Waals surface area contributed by atoms with E-state index in [1.807, 2.05) is 27.0 Å². The fraction of sp³-hybridized carbons (Fsp3) is 0.571. The smallest absolute Gasteiger partial charge is 0.242 e. The quantitative estimate of drug-likeness (QED) is 0.848. The van der Waals surface area contributed by atoms with Gasteiger partial charge in [0.25, 0.3) is 0 Å². The molecule has 0 bridgehead atoms. The molecule has 1 aromatic carbocycles. The van der Waals surface area contributed by atoms with E-state index < -0.39 is 10.0 Å². The van der Waals surface area contributed by atoms with Gasteiger partial charge in [-0.05, 0) is 73.3 Å². The van der Waals surface area contributed by atoms with E-state index in [0.29, 0.717) is 15.9 Å². The van der Waals surface area contributed by atoms with Crippen molar-refractivity contribution in [3.05, 3.63) is 27.7 Å². The molecule has 1 aromatic rings. The lowest BCUT2D eigenvalue weighted by molar-refractivity contribution is 0.248. The monoisotopic (exact) mass is 360 g/mol. The fourth-order valence-electron chi connectivity index (χ4n) is 2.50. The van der Waals surface area contributed by atoms with Gasteiger partial charge in [0.15, 0.2) is 0 Å². The van der Waals surface area contributed by atoms with Gasteiger partial charge >= 0.3 is 0 Å². The standard InChI is InChI=1S/C14H21BrN2O2S/c1-10-7-11(9-16-3)8-12(13(10)15)20(18,19)17-14(2)5-4-6-14/h7-8,16-17H,4-6,9H2,1-3H3. The molecule has 1 saturated carbocycles. The second kappa shape index (κ2) is 5.75. The second-order valence-corrected chi connectivity index (χ2v) is 8.22. The average Bonchev–Trinajstić information content (AvgIpc) is 2.31. The highest BCUT2D eigenvalue weighted by atomic mass is 79.9. The first-order valence-corrected chi connectivity index (χ1v) is 9.03. The van der Waals surface area contributed by atoms with E-state index in [1.54, 1.807) is 6.07 Å². The van der Waals surface area contributed by atoms with Gasteiger partial charge < -0.3 is 5.32 Å². The van der Waals surface area contributed by atoms with Crippen LogP contribution in [0.2, 0.25) is 0 Å². The number of halogens is 1. The predicted octanol–water partition coefficient (Wildman–Crippen LogP) is 2.70. The van der Waals surface area contributed by atoms with E-state index in [1.165, 1.54) is 0 Å². The third-order valence-electron chi connectivity index (χ3n) is 3.79. The van der Waals surface area contributed by atoms with Crippen LogP contribution in [0.4, 0.5) is 0 Å². The van der Waals surface area contributed by atoms with Crippen molar-refractivity contribution < 1.29 is 8.42 Å². The second-order valence-electron chi connectivity index (χ2n) is 5.77. The first kappa shape index (κ1) is 15.9. The predicted molar refractivity (Wildman–Crippen MR) is 84.2 cm³/mol.